The van der Waals surface area contributed by atoms with Crippen molar-refractivity contribution < 1.29 is 0 Å². The molecule has 1 heterocycles. The molecule has 3 heteroatoms. The first-order valence-electron chi connectivity index (χ1n) is 4.22. The number of nitrogens with zero attached hydrogens (tertiary/aromatic N) is 3. The van der Waals surface area contributed by atoms with Crippen molar-refractivity contribution in [2.75, 3.05) is 0 Å². The van der Waals surface area contributed by atoms with Crippen LogP contribution in [0, 0.1) is 16.7 Å². The summed E-state index contributed by atoms with van der Waals surface area (Å²) in [5, 5.41) is 8.79. The van der Waals surface area contributed by atoms with Crippen molar-refractivity contribution >= 4 is 0 Å². The largest absolute Gasteiger partial charge is 0.243 e. The van der Waals surface area contributed by atoms with Crippen LogP contribution in [0.4, 0.5) is 0 Å². The van der Waals surface area contributed by atoms with Gasteiger partial charge in [0.2, 0.25) is 0 Å². The molecule has 3 nitrogen and oxygen atoms in total. The van der Waals surface area contributed by atoms with E-state index in [9.17, 15) is 0 Å². The Hall–Kier alpha value is -1.43. The van der Waals surface area contributed by atoms with Gasteiger partial charge in [-0.3, -0.25) is 0 Å². The second kappa shape index (κ2) is 3.53. The van der Waals surface area contributed by atoms with Gasteiger partial charge in [-0.25, -0.2) is 9.97 Å². The topological polar surface area (TPSA) is 49.6 Å². The number of rotatable bonds is 1. The molecule has 68 valence electrons. The van der Waals surface area contributed by atoms with Crippen molar-refractivity contribution in [3.8, 4) is 6.07 Å². The van der Waals surface area contributed by atoms with Crippen LogP contribution in [0.2, 0.25) is 0 Å². The van der Waals surface area contributed by atoms with Gasteiger partial charge in [0.1, 0.15) is 12.4 Å². The molecule has 1 rings (SSSR count). The maximum atomic E-state index is 8.79. The summed E-state index contributed by atoms with van der Waals surface area (Å²) in [4.78, 5) is 7.91. The number of aromatic nitrogens is 2. The second-order valence-electron chi connectivity index (χ2n) is 4.23. The van der Waals surface area contributed by atoms with Gasteiger partial charge in [-0.2, -0.15) is 5.26 Å². The molecule has 0 saturated carbocycles. The minimum atomic E-state index is 0.153. The smallest absolute Gasteiger partial charge is 0.115 e. The summed E-state index contributed by atoms with van der Waals surface area (Å²) in [6.07, 6.45) is 3.86. The lowest BCUT2D eigenvalue weighted by Gasteiger charge is -2.17. The SMILES string of the molecule is CC(C)(C)Cc1ncncc1C#N. The Morgan fingerprint density at radius 2 is 2.15 bits per heavy atom. The number of hydrogen-bond acceptors (Lipinski definition) is 3. The van der Waals surface area contributed by atoms with E-state index in [1.807, 2.05) is 0 Å². The predicted molar refractivity (Wildman–Crippen MR) is 49.9 cm³/mol. The van der Waals surface area contributed by atoms with Crippen LogP contribution in [0.3, 0.4) is 0 Å². The van der Waals surface area contributed by atoms with Gasteiger partial charge in [0.25, 0.3) is 0 Å². The molecule has 0 N–H and O–H groups in total. The molecule has 0 aliphatic heterocycles. The third kappa shape index (κ3) is 2.83. The fraction of sp³-hybridized carbons (Fsp3) is 0.500. The maximum absolute atomic E-state index is 8.79. The normalized spacial score (nSPS) is 10.9. The number of hydrogen-bond donors (Lipinski definition) is 0. The van der Waals surface area contributed by atoms with Gasteiger partial charge >= 0.3 is 0 Å². The minimum Gasteiger partial charge on any atom is -0.243 e. The highest BCUT2D eigenvalue weighted by Gasteiger charge is 2.14. The zero-order valence-corrected chi connectivity index (χ0v) is 8.20. The summed E-state index contributed by atoms with van der Waals surface area (Å²) in [5.74, 6) is 0. The average Bonchev–Trinajstić information content (AvgIpc) is 2.02. The van der Waals surface area contributed by atoms with Crippen molar-refractivity contribution in [2.45, 2.75) is 27.2 Å². The molecule has 0 amide bonds. The molecule has 0 saturated heterocycles. The third-order valence-electron chi connectivity index (χ3n) is 1.61. The van der Waals surface area contributed by atoms with Gasteiger partial charge in [0, 0.05) is 6.20 Å². The Balaban J connectivity index is 2.96. The van der Waals surface area contributed by atoms with Crippen LogP contribution in [0.1, 0.15) is 32.0 Å². The molecule has 0 aliphatic carbocycles. The first kappa shape index (κ1) is 9.66. The van der Waals surface area contributed by atoms with E-state index in [1.165, 1.54) is 6.33 Å². The summed E-state index contributed by atoms with van der Waals surface area (Å²) < 4.78 is 0. The van der Waals surface area contributed by atoms with E-state index in [4.69, 9.17) is 5.26 Å². The third-order valence-corrected chi connectivity index (χ3v) is 1.61. The molecule has 0 aliphatic rings. The van der Waals surface area contributed by atoms with Gasteiger partial charge in [-0.15, -0.1) is 0 Å². The van der Waals surface area contributed by atoms with Gasteiger partial charge in [0.15, 0.2) is 0 Å². The van der Waals surface area contributed by atoms with Crippen LogP contribution in [0.25, 0.3) is 0 Å². The van der Waals surface area contributed by atoms with Crippen LogP contribution in [0.5, 0.6) is 0 Å². The van der Waals surface area contributed by atoms with Gasteiger partial charge in [0.05, 0.1) is 11.3 Å². The molecule has 0 atom stereocenters. The van der Waals surface area contributed by atoms with E-state index < -0.39 is 0 Å². The quantitative estimate of drug-likeness (QED) is 0.655. The first-order valence-corrected chi connectivity index (χ1v) is 4.22. The zero-order valence-electron chi connectivity index (χ0n) is 8.20. The van der Waals surface area contributed by atoms with E-state index in [0.29, 0.717) is 5.56 Å². The molecular formula is C10H13N3. The van der Waals surface area contributed by atoms with Gasteiger partial charge < -0.3 is 0 Å². The minimum absolute atomic E-state index is 0.153. The van der Waals surface area contributed by atoms with Crippen LogP contribution in [-0.2, 0) is 6.42 Å². The molecule has 0 unspecified atom stereocenters. The van der Waals surface area contributed by atoms with E-state index in [0.717, 1.165) is 12.1 Å². The molecule has 0 spiro atoms. The maximum Gasteiger partial charge on any atom is 0.115 e. The molecule has 0 bridgehead atoms. The highest BCUT2D eigenvalue weighted by Crippen LogP contribution is 2.20. The zero-order chi connectivity index (χ0) is 9.90. The molecular weight excluding hydrogens is 162 g/mol. The van der Waals surface area contributed by atoms with Crippen LogP contribution < -0.4 is 0 Å². The standard InChI is InChI=1S/C10H13N3/c1-10(2,3)4-9-8(5-11)6-12-7-13-9/h6-7H,4H2,1-3H3. The summed E-state index contributed by atoms with van der Waals surface area (Å²) in [5.41, 5.74) is 1.57. The Bertz CT molecular complexity index is 331. The summed E-state index contributed by atoms with van der Waals surface area (Å²) in [6, 6.07) is 2.09. The monoisotopic (exact) mass is 175 g/mol. The lowest BCUT2D eigenvalue weighted by atomic mass is 9.89. The highest BCUT2D eigenvalue weighted by molar-refractivity contribution is 5.30. The van der Waals surface area contributed by atoms with Gasteiger partial charge in [-0.05, 0) is 11.8 Å². The van der Waals surface area contributed by atoms with Crippen LogP contribution in [-0.4, -0.2) is 9.97 Å². The fourth-order valence-corrected chi connectivity index (χ4v) is 1.09. The van der Waals surface area contributed by atoms with Gasteiger partial charge in [-0.1, -0.05) is 20.8 Å². The lowest BCUT2D eigenvalue weighted by molar-refractivity contribution is 0.405. The Morgan fingerprint density at radius 1 is 1.46 bits per heavy atom. The molecule has 0 aromatic carbocycles. The molecule has 0 fully saturated rings. The summed E-state index contributed by atoms with van der Waals surface area (Å²) in [6.45, 7) is 6.36. The van der Waals surface area contributed by atoms with Crippen molar-refractivity contribution in [2.24, 2.45) is 5.41 Å². The number of nitriles is 1. The van der Waals surface area contributed by atoms with E-state index >= 15 is 0 Å². The molecule has 1 aromatic rings. The average molecular weight is 175 g/mol. The highest BCUT2D eigenvalue weighted by atomic mass is 14.8. The molecule has 13 heavy (non-hydrogen) atoms. The lowest BCUT2D eigenvalue weighted by Crippen LogP contribution is -2.12. The summed E-state index contributed by atoms with van der Waals surface area (Å²) in [7, 11) is 0. The molecule has 0 radical (unpaired) electrons. The Kier molecular flexibility index (Phi) is 2.62. The van der Waals surface area contributed by atoms with E-state index in [1.54, 1.807) is 6.20 Å². The first-order chi connectivity index (χ1) is 6.03. The predicted octanol–water partition coefficient (Wildman–Crippen LogP) is 1.94. The Labute approximate surface area is 78.5 Å². The van der Waals surface area contributed by atoms with Crippen LogP contribution >= 0.6 is 0 Å². The summed E-state index contributed by atoms with van der Waals surface area (Å²) >= 11 is 0. The van der Waals surface area contributed by atoms with Crippen molar-refractivity contribution in [1.29, 1.82) is 5.26 Å². The van der Waals surface area contributed by atoms with Crippen LogP contribution in [0.15, 0.2) is 12.5 Å². The fourth-order valence-electron chi connectivity index (χ4n) is 1.09. The Morgan fingerprint density at radius 3 is 2.69 bits per heavy atom. The van der Waals surface area contributed by atoms with Crippen molar-refractivity contribution in [3.05, 3.63) is 23.8 Å². The van der Waals surface area contributed by atoms with Crippen molar-refractivity contribution in [1.82, 2.24) is 9.97 Å². The van der Waals surface area contributed by atoms with E-state index in [2.05, 4.69) is 36.8 Å². The second-order valence-corrected chi connectivity index (χ2v) is 4.23. The van der Waals surface area contributed by atoms with Crippen molar-refractivity contribution in [3.63, 3.8) is 0 Å². The molecule has 1 aromatic heterocycles. The van der Waals surface area contributed by atoms with E-state index in [-0.39, 0.29) is 5.41 Å².